The predicted octanol–water partition coefficient (Wildman–Crippen LogP) is 4.52. The third kappa shape index (κ3) is 3.96. The van der Waals surface area contributed by atoms with Gasteiger partial charge in [0.2, 0.25) is 5.91 Å². The zero-order chi connectivity index (χ0) is 21.1. The van der Waals surface area contributed by atoms with Crippen molar-refractivity contribution in [2.24, 2.45) is 7.05 Å². The standard InChI is InChI=1S/C23H21N3O4/c1-25-15-21(19-9-2-3-10-22(19)25)20(16-6-4-7-17(12-16)26(28)29)13-23(27)24-14-18-8-5-11-30-18/h2-12,15,20H,13-14H2,1H3,(H,24,27)/t20-/m1/s1. The number of hydrogen-bond donors (Lipinski definition) is 1. The van der Waals surface area contributed by atoms with E-state index in [4.69, 9.17) is 4.42 Å². The highest BCUT2D eigenvalue weighted by atomic mass is 16.6. The Balaban J connectivity index is 1.70. The van der Waals surface area contributed by atoms with Crippen molar-refractivity contribution in [3.8, 4) is 0 Å². The molecule has 7 nitrogen and oxygen atoms in total. The third-order valence-electron chi connectivity index (χ3n) is 5.22. The first kappa shape index (κ1) is 19.4. The normalized spacial score (nSPS) is 12.0. The number of non-ortho nitro benzene ring substituents is 1. The van der Waals surface area contributed by atoms with E-state index < -0.39 is 4.92 Å². The second kappa shape index (κ2) is 8.24. The summed E-state index contributed by atoms with van der Waals surface area (Å²) in [4.78, 5) is 23.6. The Morgan fingerprint density at radius 3 is 2.77 bits per heavy atom. The summed E-state index contributed by atoms with van der Waals surface area (Å²) >= 11 is 0. The van der Waals surface area contributed by atoms with Gasteiger partial charge in [-0.1, -0.05) is 30.3 Å². The summed E-state index contributed by atoms with van der Waals surface area (Å²) in [7, 11) is 1.95. The summed E-state index contributed by atoms with van der Waals surface area (Å²) in [6, 6.07) is 18.0. The summed E-state index contributed by atoms with van der Waals surface area (Å²) < 4.78 is 7.28. The van der Waals surface area contributed by atoms with Crippen molar-refractivity contribution >= 4 is 22.5 Å². The van der Waals surface area contributed by atoms with Crippen molar-refractivity contribution in [1.29, 1.82) is 0 Å². The lowest BCUT2D eigenvalue weighted by Gasteiger charge is -2.17. The van der Waals surface area contributed by atoms with Gasteiger partial charge in [0.25, 0.3) is 5.69 Å². The van der Waals surface area contributed by atoms with Crippen molar-refractivity contribution in [1.82, 2.24) is 9.88 Å². The number of aromatic nitrogens is 1. The molecule has 4 aromatic rings. The first-order valence-electron chi connectivity index (χ1n) is 9.60. The molecule has 0 spiro atoms. The number of fused-ring (bicyclic) bond motifs is 1. The van der Waals surface area contributed by atoms with E-state index in [2.05, 4.69) is 5.32 Å². The molecule has 2 heterocycles. The number of nitrogens with one attached hydrogen (secondary N) is 1. The maximum atomic E-state index is 12.8. The quantitative estimate of drug-likeness (QED) is 0.363. The topological polar surface area (TPSA) is 90.3 Å². The molecule has 152 valence electrons. The van der Waals surface area contributed by atoms with Crippen LogP contribution in [0.4, 0.5) is 5.69 Å². The fraction of sp³-hybridized carbons (Fsp3) is 0.174. The molecule has 1 amide bonds. The van der Waals surface area contributed by atoms with Crippen LogP contribution in [0, 0.1) is 10.1 Å². The predicted molar refractivity (Wildman–Crippen MR) is 113 cm³/mol. The van der Waals surface area contributed by atoms with E-state index in [1.54, 1.807) is 30.5 Å². The van der Waals surface area contributed by atoms with E-state index >= 15 is 0 Å². The zero-order valence-electron chi connectivity index (χ0n) is 16.4. The van der Waals surface area contributed by atoms with Crippen LogP contribution >= 0.6 is 0 Å². The van der Waals surface area contributed by atoms with Crippen LogP contribution < -0.4 is 5.32 Å². The lowest BCUT2D eigenvalue weighted by molar-refractivity contribution is -0.384. The number of nitrogens with zero attached hydrogens (tertiary/aromatic N) is 2. The average molecular weight is 403 g/mol. The van der Waals surface area contributed by atoms with Gasteiger partial charge in [-0.2, -0.15) is 0 Å². The van der Waals surface area contributed by atoms with Crippen LogP contribution in [0.1, 0.15) is 29.2 Å². The minimum Gasteiger partial charge on any atom is -0.467 e. The Bertz CT molecular complexity index is 1190. The van der Waals surface area contributed by atoms with Gasteiger partial charge in [0.05, 0.1) is 17.7 Å². The number of furan rings is 1. The van der Waals surface area contributed by atoms with Gasteiger partial charge >= 0.3 is 0 Å². The number of nitro groups is 1. The van der Waals surface area contributed by atoms with Crippen LogP contribution in [0.2, 0.25) is 0 Å². The zero-order valence-corrected chi connectivity index (χ0v) is 16.4. The van der Waals surface area contributed by atoms with Crippen LogP contribution in [0.5, 0.6) is 0 Å². The van der Waals surface area contributed by atoms with Gasteiger partial charge < -0.3 is 14.3 Å². The first-order chi connectivity index (χ1) is 14.5. The van der Waals surface area contributed by atoms with Crippen LogP contribution in [0.3, 0.4) is 0 Å². The average Bonchev–Trinajstić information content (AvgIpc) is 3.39. The lowest BCUT2D eigenvalue weighted by Crippen LogP contribution is -2.24. The molecule has 2 aromatic heterocycles. The molecule has 1 atom stereocenters. The van der Waals surface area contributed by atoms with Gasteiger partial charge in [-0.3, -0.25) is 14.9 Å². The van der Waals surface area contributed by atoms with Crippen molar-refractivity contribution in [3.63, 3.8) is 0 Å². The number of aryl methyl sites for hydroxylation is 1. The second-order valence-corrected chi connectivity index (χ2v) is 7.18. The molecule has 0 saturated heterocycles. The summed E-state index contributed by atoms with van der Waals surface area (Å²) in [5, 5.41) is 15.2. The van der Waals surface area contributed by atoms with Gasteiger partial charge in [0.15, 0.2) is 0 Å². The molecule has 0 saturated carbocycles. The molecule has 4 rings (SSSR count). The van der Waals surface area contributed by atoms with Crippen LogP contribution in [0.15, 0.2) is 77.5 Å². The van der Waals surface area contributed by atoms with Crippen LogP contribution in [-0.2, 0) is 18.4 Å². The third-order valence-corrected chi connectivity index (χ3v) is 5.22. The Hall–Kier alpha value is -3.87. The number of nitro benzene ring substituents is 1. The van der Waals surface area contributed by atoms with E-state index in [-0.39, 0.29) is 23.9 Å². The minimum atomic E-state index is -0.416. The van der Waals surface area contributed by atoms with E-state index in [1.807, 2.05) is 48.1 Å². The number of para-hydroxylation sites is 1. The fourth-order valence-electron chi connectivity index (χ4n) is 3.77. The number of carbonyl (C=O) groups excluding carboxylic acids is 1. The molecule has 0 fully saturated rings. The maximum Gasteiger partial charge on any atom is 0.269 e. The Labute approximate surface area is 173 Å². The molecule has 0 aliphatic carbocycles. The summed E-state index contributed by atoms with van der Waals surface area (Å²) in [5.41, 5.74) is 2.74. The number of carbonyl (C=O) groups is 1. The van der Waals surface area contributed by atoms with Crippen LogP contribution in [0.25, 0.3) is 10.9 Å². The summed E-state index contributed by atoms with van der Waals surface area (Å²) in [5.74, 6) is 0.184. The van der Waals surface area contributed by atoms with Crippen molar-refractivity contribution in [2.75, 3.05) is 0 Å². The van der Waals surface area contributed by atoms with Crippen LogP contribution in [-0.4, -0.2) is 15.4 Å². The number of benzene rings is 2. The lowest BCUT2D eigenvalue weighted by atomic mass is 9.87. The smallest absolute Gasteiger partial charge is 0.269 e. The molecule has 1 N–H and O–H groups in total. The van der Waals surface area contributed by atoms with E-state index in [0.717, 1.165) is 22.0 Å². The molecule has 0 radical (unpaired) electrons. The van der Waals surface area contributed by atoms with E-state index in [9.17, 15) is 14.9 Å². The van der Waals surface area contributed by atoms with E-state index in [0.29, 0.717) is 12.3 Å². The Kier molecular flexibility index (Phi) is 5.34. The highest BCUT2D eigenvalue weighted by Gasteiger charge is 2.24. The minimum absolute atomic E-state index is 0.00808. The largest absolute Gasteiger partial charge is 0.467 e. The Morgan fingerprint density at radius 1 is 1.17 bits per heavy atom. The molecule has 0 aliphatic heterocycles. The molecule has 30 heavy (non-hydrogen) atoms. The van der Waals surface area contributed by atoms with Gasteiger partial charge in [-0.15, -0.1) is 0 Å². The number of amides is 1. The number of hydrogen-bond acceptors (Lipinski definition) is 4. The SMILES string of the molecule is Cn1cc([C@H](CC(=O)NCc2ccco2)c2cccc([N+](=O)[O-])c2)c2ccccc21. The molecule has 0 unspecified atom stereocenters. The molecule has 0 aliphatic rings. The number of rotatable bonds is 7. The maximum absolute atomic E-state index is 12.8. The summed E-state index contributed by atoms with van der Waals surface area (Å²) in [6.07, 6.45) is 3.72. The molecule has 7 heteroatoms. The second-order valence-electron chi connectivity index (χ2n) is 7.18. The monoisotopic (exact) mass is 403 g/mol. The van der Waals surface area contributed by atoms with Gasteiger partial charge in [0, 0.05) is 48.6 Å². The molecule has 0 bridgehead atoms. The first-order valence-corrected chi connectivity index (χ1v) is 9.60. The molecule has 2 aromatic carbocycles. The molecular formula is C23H21N3O4. The summed E-state index contributed by atoms with van der Waals surface area (Å²) in [6.45, 7) is 0.295. The van der Waals surface area contributed by atoms with Gasteiger partial charge in [-0.25, -0.2) is 0 Å². The van der Waals surface area contributed by atoms with Crippen molar-refractivity contribution in [2.45, 2.75) is 18.9 Å². The van der Waals surface area contributed by atoms with Gasteiger partial charge in [0.1, 0.15) is 5.76 Å². The van der Waals surface area contributed by atoms with Gasteiger partial charge in [-0.05, 0) is 29.3 Å². The van der Waals surface area contributed by atoms with Crippen molar-refractivity contribution in [3.05, 3.63) is 100 Å². The highest BCUT2D eigenvalue weighted by Crippen LogP contribution is 2.35. The fourth-order valence-corrected chi connectivity index (χ4v) is 3.77. The Morgan fingerprint density at radius 2 is 2.00 bits per heavy atom. The molecular weight excluding hydrogens is 382 g/mol. The highest BCUT2D eigenvalue weighted by molar-refractivity contribution is 5.86. The van der Waals surface area contributed by atoms with Crippen molar-refractivity contribution < 1.29 is 14.1 Å². The van der Waals surface area contributed by atoms with E-state index in [1.165, 1.54) is 6.07 Å².